The maximum Gasteiger partial charge on any atom is 0.185 e. The summed E-state index contributed by atoms with van der Waals surface area (Å²) in [5.41, 5.74) is 7.60. The first-order valence-corrected chi connectivity index (χ1v) is 8.23. The molecule has 0 amide bonds. The molecule has 1 aromatic rings. The number of aromatic nitrogens is 1. The topological polar surface area (TPSA) is 42.2 Å². The van der Waals surface area contributed by atoms with Crippen LogP contribution < -0.4 is 10.6 Å². The van der Waals surface area contributed by atoms with Gasteiger partial charge in [0, 0.05) is 24.5 Å². The summed E-state index contributed by atoms with van der Waals surface area (Å²) >= 11 is 1.80. The molecule has 1 unspecified atom stereocenters. The molecule has 1 aliphatic rings. The summed E-state index contributed by atoms with van der Waals surface area (Å²) in [6, 6.07) is 0. The average Bonchev–Trinajstić information content (AvgIpc) is 2.82. The van der Waals surface area contributed by atoms with E-state index in [1.807, 2.05) is 0 Å². The molecular formula is C15H27N3S. The first kappa shape index (κ1) is 14.8. The Labute approximate surface area is 121 Å². The fourth-order valence-electron chi connectivity index (χ4n) is 2.51. The molecule has 4 heteroatoms. The first-order valence-electron chi connectivity index (χ1n) is 7.41. The van der Waals surface area contributed by atoms with E-state index in [1.54, 1.807) is 11.3 Å². The largest absolute Gasteiger partial charge is 0.348 e. The van der Waals surface area contributed by atoms with Gasteiger partial charge in [-0.05, 0) is 30.6 Å². The summed E-state index contributed by atoms with van der Waals surface area (Å²) in [6.07, 6.45) is 3.63. The molecule has 0 aromatic carbocycles. The van der Waals surface area contributed by atoms with Gasteiger partial charge in [0.05, 0.1) is 5.69 Å². The summed E-state index contributed by atoms with van der Waals surface area (Å²) in [6.45, 7) is 12.1. The van der Waals surface area contributed by atoms with Crippen molar-refractivity contribution in [1.82, 2.24) is 4.98 Å². The van der Waals surface area contributed by atoms with E-state index in [0.29, 0.717) is 17.9 Å². The zero-order valence-electron chi connectivity index (χ0n) is 12.7. The molecule has 0 radical (unpaired) electrons. The molecule has 2 heterocycles. The van der Waals surface area contributed by atoms with Crippen LogP contribution in [0.4, 0.5) is 5.13 Å². The zero-order valence-corrected chi connectivity index (χ0v) is 13.5. The van der Waals surface area contributed by atoms with Crippen LogP contribution in [-0.2, 0) is 6.54 Å². The molecule has 2 rings (SSSR count). The van der Waals surface area contributed by atoms with E-state index in [-0.39, 0.29) is 0 Å². The van der Waals surface area contributed by atoms with Crippen LogP contribution in [0.25, 0.3) is 0 Å². The highest BCUT2D eigenvalue weighted by molar-refractivity contribution is 7.15. The van der Waals surface area contributed by atoms with Crippen LogP contribution in [0, 0.1) is 5.41 Å². The van der Waals surface area contributed by atoms with Crippen LogP contribution in [0.1, 0.15) is 63.4 Å². The number of rotatable bonds is 4. The lowest BCUT2D eigenvalue weighted by Crippen LogP contribution is -2.37. The minimum Gasteiger partial charge on any atom is -0.348 e. The number of nitrogens with two attached hydrogens (primary N) is 1. The van der Waals surface area contributed by atoms with Gasteiger partial charge >= 0.3 is 0 Å². The van der Waals surface area contributed by atoms with Gasteiger partial charge in [0.2, 0.25) is 0 Å². The van der Waals surface area contributed by atoms with Crippen LogP contribution in [0.3, 0.4) is 0 Å². The zero-order chi connectivity index (χ0) is 14.0. The van der Waals surface area contributed by atoms with E-state index in [1.165, 1.54) is 28.5 Å². The molecule has 1 atom stereocenters. The highest BCUT2D eigenvalue weighted by Gasteiger charge is 2.27. The third-order valence-corrected chi connectivity index (χ3v) is 5.52. The molecule has 1 aliphatic heterocycles. The fourth-order valence-corrected chi connectivity index (χ4v) is 3.62. The highest BCUT2D eigenvalue weighted by atomic mass is 32.1. The van der Waals surface area contributed by atoms with Crippen LogP contribution in [-0.4, -0.2) is 18.1 Å². The summed E-state index contributed by atoms with van der Waals surface area (Å²) in [5, 5.41) is 1.19. The Kier molecular flexibility index (Phi) is 4.51. The monoisotopic (exact) mass is 281 g/mol. The van der Waals surface area contributed by atoms with Crippen molar-refractivity contribution in [1.29, 1.82) is 0 Å². The quantitative estimate of drug-likeness (QED) is 0.914. The Hall–Kier alpha value is -0.610. The second-order valence-electron chi connectivity index (χ2n) is 6.47. The predicted molar refractivity (Wildman–Crippen MR) is 83.9 cm³/mol. The molecule has 1 saturated heterocycles. The molecule has 1 fully saturated rings. The van der Waals surface area contributed by atoms with Gasteiger partial charge in [-0.15, -0.1) is 11.3 Å². The van der Waals surface area contributed by atoms with Crippen molar-refractivity contribution >= 4 is 16.5 Å². The van der Waals surface area contributed by atoms with Crippen molar-refractivity contribution in [3.05, 3.63) is 10.6 Å². The number of thiazole rings is 1. The van der Waals surface area contributed by atoms with Crippen LogP contribution in [0.15, 0.2) is 0 Å². The molecule has 0 aliphatic carbocycles. The SMILES string of the molecule is CCC(C)c1nc(N2CCC(C)(C)CC2)sc1CN. The third-order valence-electron chi connectivity index (χ3n) is 4.37. The van der Waals surface area contributed by atoms with Crippen LogP contribution in [0.5, 0.6) is 0 Å². The first-order chi connectivity index (χ1) is 8.96. The van der Waals surface area contributed by atoms with Crippen molar-refractivity contribution in [2.75, 3.05) is 18.0 Å². The molecular weight excluding hydrogens is 254 g/mol. The number of nitrogens with zero attached hydrogens (tertiary/aromatic N) is 2. The Bertz CT molecular complexity index is 415. The van der Waals surface area contributed by atoms with Gasteiger partial charge in [-0.1, -0.05) is 27.7 Å². The number of hydrogen-bond donors (Lipinski definition) is 1. The Morgan fingerprint density at radius 3 is 2.53 bits per heavy atom. The summed E-state index contributed by atoms with van der Waals surface area (Å²) in [5.74, 6) is 0.518. The molecule has 3 nitrogen and oxygen atoms in total. The highest BCUT2D eigenvalue weighted by Crippen LogP contribution is 2.36. The third kappa shape index (κ3) is 3.29. The van der Waals surface area contributed by atoms with Crippen molar-refractivity contribution in [3.63, 3.8) is 0 Å². The Morgan fingerprint density at radius 2 is 2.00 bits per heavy atom. The van der Waals surface area contributed by atoms with Gasteiger partial charge in [0.25, 0.3) is 0 Å². The summed E-state index contributed by atoms with van der Waals surface area (Å²) in [4.78, 5) is 8.61. The normalized spacial score (nSPS) is 20.6. The maximum absolute atomic E-state index is 5.88. The average molecular weight is 281 g/mol. The second kappa shape index (κ2) is 5.80. The molecule has 1 aromatic heterocycles. The van der Waals surface area contributed by atoms with Crippen molar-refractivity contribution in [3.8, 4) is 0 Å². The van der Waals surface area contributed by atoms with E-state index in [9.17, 15) is 0 Å². The standard InChI is InChI=1S/C15H27N3S/c1-5-11(2)13-12(10-16)19-14(17-13)18-8-6-15(3,4)7-9-18/h11H,5-10,16H2,1-4H3. The minimum absolute atomic E-state index is 0.490. The van der Waals surface area contributed by atoms with Gasteiger partial charge < -0.3 is 10.6 Å². The predicted octanol–water partition coefficient (Wildman–Crippen LogP) is 3.74. The van der Waals surface area contributed by atoms with E-state index in [0.717, 1.165) is 19.5 Å². The second-order valence-corrected chi connectivity index (χ2v) is 7.53. The Morgan fingerprint density at radius 1 is 1.37 bits per heavy atom. The van der Waals surface area contributed by atoms with Gasteiger partial charge in [-0.25, -0.2) is 4.98 Å². The van der Waals surface area contributed by atoms with E-state index in [2.05, 4.69) is 32.6 Å². The lowest BCUT2D eigenvalue weighted by Gasteiger charge is -2.36. The molecule has 108 valence electrons. The van der Waals surface area contributed by atoms with E-state index in [4.69, 9.17) is 10.7 Å². The molecule has 0 bridgehead atoms. The van der Waals surface area contributed by atoms with Gasteiger partial charge in [-0.2, -0.15) is 0 Å². The Balaban J connectivity index is 2.15. The molecule has 0 spiro atoms. The van der Waals surface area contributed by atoms with Crippen LogP contribution in [0.2, 0.25) is 0 Å². The lowest BCUT2D eigenvalue weighted by molar-refractivity contribution is 0.279. The molecule has 0 saturated carbocycles. The fraction of sp³-hybridized carbons (Fsp3) is 0.800. The minimum atomic E-state index is 0.490. The lowest BCUT2D eigenvalue weighted by atomic mass is 9.83. The van der Waals surface area contributed by atoms with Gasteiger partial charge in [0.15, 0.2) is 5.13 Å². The van der Waals surface area contributed by atoms with Gasteiger partial charge in [0.1, 0.15) is 0 Å². The molecule has 2 N–H and O–H groups in total. The maximum atomic E-state index is 5.88. The molecule has 19 heavy (non-hydrogen) atoms. The number of piperidine rings is 1. The number of hydrogen-bond acceptors (Lipinski definition) is 4. The summed E-state index contributed by atoms with van der Waals surface area (Å²) in [7, 11) is 0. The smallest absolute Gasteiger partial charge is 0.185 e. The van der Waals surface area contributed by atoms with Crippen LogP contribution >= 0.6 is 11.3 Å². The van der Waals surface area contributed by atoms with E-state index >= 15 is 0 Å². The number of anilines is 1. The summed E-state index contributed by atoms with van der Waals surface area (Å²) < 4.78 is 0. The van der Waals surface area contributed by atoms with Crippen molar-refractivity contribution in [2.24, 2.45) is 11.1 Å². The van der Waals surface area contributed by atoms with Gasteiger partial charge in [-0.3, -0.25) is 0 Å². The van der Waals surface area contributed by atoms with Crippen molar-refractivity contribution in [2.45, 2.75) is 59.4 Å². The van der Waals surface area contributed by atoms with E-state index < -0.39 is 0 Å². The van der Waals surface area contributed by atoms with Crippen molar-refractivity contribution < 1.29 is 0 Å².